The second-order valence-electron chi connectivity index (χ2n) is 7.92. The molecule has 1 aromatic heterocycles. The molecular formula is C25H27Cl2N5O3S. The van der Waals surface area contributed by atoms with E-state index in [1.165, 1.54) is 17.6 Å². The van der Waals surface area contributed by atoms with Gasteiger partial charge in [-0.3, -0.25) is 9.59 Å². The van der Waals surface area contributed by atoms with E-state index in [0.29, 0.717) is 39.0 Å². The minimum Gasteiger partial charge on any atom is -0.489 e. The minimum atomic E-state index is -0.334. The van der Waals surface area contributed by atoms with Gasteiger partial charge in [0.1, 0.15) is 17.4 Å². The third-order valence-electron chi connectivity index (χ3n) is 4.97. The summed E-state index contributed by atoms with van der Waals surface area (Å²) in [5.41, 5.74) is 4.09. The highest BCUT2D eigenvalue weighted by Gasteiger charge is 2.11. The molecule has 0 radical (unpaired) electrons. The zero-order valence-corrected chi connectivity index (χ0v) is 22.1. The first kappa shape index (κ1) is 27.6. The van der Waals surface area contributed by atoms with Crippen molar-refractivity contribution < 1.29 is 14.3 Å². The van der Waals surface area contributed by atoms with Gasteiger partial charge in [0.2, 0.25) is 16.9 Å². The molecule has 0 fully saturated rings. The summed E-state index contributed by atoms with van der Waals surface area (Å²) < 4.78 is 5.75. The SMILES string of the molecule is CCCCCCC(=O)Nc1nnc(CC(=O)N/N=C\c2ccc(OCc3ccc(Cl)cc3Cl)cc2)s1. The van der Waals surface area contributed by atoms with E-state index in [2.05, 4.69) is 33.0 Å². The number of anilines is 1. The van der Waals surface area contributed by atoms with Crippen molar-refractivity contribution in [3.63, 3.8) is 0 Å². The molecule has 0 aliphatic rings. The van der Waals surface area contributed by atoms with Gasteiger partial charge in [-0.15, -0.1) is 10.2 Å². The lowest BCUT2D eigenvalue weighted by Crippen LogP contribution is -2.19. The molecule has 1 heterocycles. The largest absolute Gasteiger partial charge is 0.489 e. The normalized spacial score (nSPS) is 11.0. The van der Waals surface area contributed by atoms with Crippen molar-refractivity contribution in [2.45, 2.75) is 52.1 Å². The van der Waals surface area contributed by atoms with Crippen LogP contribution in [0.2, 0.25) is 10.0 Å². The molecule has 3 aromatic rings. The third kappa shape index (κ3) is 9.56. The van der Waals surface area contributed by atoms with Gasteiger partial charge in [0, 0.05) is 22.0 Å². The zero-order valence-electron chi connectivity index (χ0n) is 19.8. The Kier molecular flexibility index (Phi) is 11.1. The van der Waals surface area contributed by atoms with Gasteiger partial charge < -0.3 is 10.1 Å². The lowest BCUT2D eigenvalue weighted by Gasteiger charge is -2.08. The highest BCUT2D eigenvalue weighted by molar-refractivity contribution is 7.15. The van der Waals surface area contributed by atoms with Gasteiger partial charge in [-0.05, 0) is 48.4 Å². The van der Waals surface area contributed by atoms with E-state index < -0.39 is 0 Å². The smallest absolute Gasteiger partial charge is 0.247 e. The Morgan fingerprint density at radius 3 is 2.61 bits per heavy atom. The summed E-state index contributed by atoms with van der Waals surface area (Å²) >= 11 is 13.2. The second kappa shape index (κ2) is 14.5. The molecule has 36 heavy (non-hydrogen) atoms. The molecule has 0 bridgehead atoms. The molecule has 190 valence electrons. The number of unbranched alkanes of at least 4 members (excludes halogenated alkanes) is 3. The fraction of sp³-hybridized carbons (Fsp3) is 0.320. The fourth-order valence-corrected chi connectivity index (χ4v) is 4.29. The molecule has 0 aliphatic heterocycles. The molecule has 2 amide bonds. The number of aromatic nitrogens is 2. The van der Waals surface area contributed by atoms with Gasteiger partial charge in [0.15, 0.2) is 0 Å². The summed E-state index contributed by atoms with van der Waals surface area (Å²) in [4.78, 5) is 24.1. The monoisotopic (exact) mass is 547 g/mol. The van der Waals surface area contributed by atoms with E-state index in [4.69, 9.17) is 27.9 Å². The fourth-order valence-electron chi connectivity index (χ4n) is 3.08. The second-order valence-corrected chi connectivity index (χ2v) is 9.83. The highest BCUT2D eigenvalue weighted by atomic mass is 35.5. The number of nitrogens with one attached hydrogen (secondary N) is 2. The van der Waals surface area contributed by atoms with E-state index in [1.54, 1.807) is 24.3 Å². The third-order valence-corrected chi connectivity index (χ3v) is 6.40. The average molecular weight is 548 g/mol. The van der Waals surface area contributed by atoms with E-state index >= 15 is 0 Å². The molecule has 0 atom stereocenters. The van der Waals surface area contributed by atoms with Crippen LogP contribution in [0, 0.1) is 0 Å². The van der Waals surface area contributed by atoms with Crippen molar-refractivity contribution in [2.24, 2.45) is 5.10 Å². The van der Waals surface area contributed by atoms with E-state index in [1.807, 2.05) is 18.2 Å². The number of hydrogen-bond donors (Lipinski definition) is 2. The molecule has 2 N–H and O–H groups in total. The summed E-state index contributed by atoms with van der Waals surface area (Å²) in [5, 5.41) is 16.6. The molecule has 0 unspecified atom stereocenters. The van der Waals surface area contributed by atoms with E-state index in [-0.39, 0.29) is 18.2 Å². The van der Waals surface area contributed by atoms with Crippen molar-refractivity contribution >= 4 is 57.7 Å². The summed E-state index contributed by atoms with van der Waals surface area (Å²) in [6.07, 6.45) is 6.12. The standard InChI is InChI=1S/C25H27Cl2N5O3S/c1-2-3-4-5-6-22(33)29-25-32-31-24(36-25)14-23(34)30-28-15-17-7-11-20(12-8-17)35-16-18-9-10-19(26)13-21(18)27/h7-13,15H,2-6,14,16H2,1H3,(H,30,34)(H,29,32,33)/b28-15-. The van der Waals surface area contributed by atoms with E-state index in [9.17, 15) is 9.59 Å². The summed E-state index contributed by atoms with van der Waals surface area (Å²) in [7, 11) is 0. The van der Waals surface area contributed by atoms with Crippen LogP contribution >= 0.6 is 34.5 Å². The van der Waals surface area contributed by atoms with Gasteiger partial charge in [0.05, 0.1) is 12.6 Å². The van der Waals surface area contributed by atoms with Gasteiger partial charge in [0.25, 0.3) is 0 Å². The van der Waals surface area contributed by atoms with Crippen LogP contribution in [0.25, 0.3) is 0 Å². The Balaban J connectivity index is 1.39. The number of amides is 2. The number of nitrogens with zero attached hydrogens (tertiary/aromatic N) is 3. The predicted octanol–water partition coefficient (Wildman–Crippen LogP) is 6.03. The molecule has 0 saturated heterocycles. The lowest BCUT2D eigenvalue weighted by molar-refractivity contribution is -0.120. The van der Waals surface area contributed by atoms with Gasteiger partial charge in [-0.25, -0.2) is 5.43 Å². The van der Waals surface area contributed by atoms with Gasteiger partial charge in [-0.1, -0.05) is 66.8 Å². The summed E-state index contributed by atoms with van der Waals surface area (Å²) in [6.45, 7) is 2.44. The van der Waals surface area contributed by atoms with Crippen LogP contribution in [0.3, 0.4) is 0 Å². The number of ether oxygens (including phenoxy) is 1. The number of halogens is 2. The average Bonchev–Trinajstić information content (AvgIpc) is 3.28. The highest BCUT2D eigenvalue weighted by Crippen LogP contribution is 2.23. The number of carbonyl (C=O) groups excluding carboxylic acids is 2. The van der Waals surface area contributed by atoms with Crippen LogP contribution in [0.4, 0.5) is 5.13 Å². The molecule has 0 aliphatic carbocycles. The maximum Gasteiger partial charge on any atom is 0.247 e. The van der Waals surface area contributed by atoms with Crippen LogP contribution in [-0.4, -0.2) is 28.2 Å². The number of hydrogen-bond acceptors (Lipinski definition) is 7. The zero-order chi connectivity index (χ0) is 25.8. The molecule has 0 spiro atoms. The van der Waals surface area contributed by atoms with Crippen LogP contribution in [0.1, 0.15) is 55.2 Å². The maximum absolute atomic E-state index is 12.1. The van der Waals surface area contributed by atoms with Crippen LogP contribution in [0.15, 0.2) is 47.6 Å². The first-order chi connectivity index (χ1) is 17.4. The molecule has 0 saturated carbocycles. The molecule has 8 nitrogen and oxygen atoms in total. The van der Waals surface area contributed by atoms with Crippen molar-refractivity contribution in [3.8, 4) is 5.75 Å². The predicted molar refractivity (Wildman–Crippen MR) is 144 cm³/mol. The quantitative estimate of drug-likeness (QED) is 0.154. The molecule has 2 aromatic carbocycles. The Morgan fingerprint density at radius 2 is 1.86 bits per heavy atom. The van der Waals surface area contributed by atoms with Crippen molar-refractivity contribution in [2.75, 3.05) is 5.32 Å². The van der Waals surface area contributed by atoms with Gasteiger partial charge in [-0.2, -0.15) is 5.10 Å². The number of benzene rings is 2. The number of carbonyl (C=O) groups is 2. The number of hydrazone groups is 1. The lowest BCUT2D eigenvalue weighted by atomic mass is 10.1. The van der Waals surface area contributed by atoms with Crippen molar-refractivity contribution in [1.29, 1.82) is 0 Å². The first-order valence-electron chi connectivity index (χ1n) is 11.5. The van der Waals surface area contributed by atoms with Crippen LogP contribution < -0.4 is 15.5 Å². The summed E-state index contributed by atoms with van der Waals surface area (Å²) in [6, 6.07) is 12.5. The van der Waals surface area contributed by atoms with Crippen molar-refractivity contribution in [3.05, 3.63) is 68.6 Å². The van der Waals surface area contributed by atoms with Crippen molar-refractivity contribution in [1.82, 2.24) is 15.6 Å². The molecule has 3 rings (SSSR count). The number of rotatable bonds is 13. The molecule has 11 heteroatoms. The van der Waals surface area contributed by atoms with E-state index in [0.717, 1.165) is 36.8 Å². The Hall–Kier alpha value is -3.01. The minimum absolute atomic E-state index is 0.0153. The first-order valence-corrected chi connectivity index (χ1v) is 13.1. The van der Waals surface area contributed by atoms with Gasteiger partial charge >= 0.3 is 0 Å². The van der Waals surface area contributed by atoms with Crippen LogP contribution in [0.5, 0.6) is 5.75 Å². The topological polar surface area (TPSA) is 106 Å². The molecular weight excluding hydrogens is 521 g/mol. The summed E-state index contributed by atoms with van der Waals surface area (Å²) in [5.74, 6) is 0.245. The Bertz CT molecular complexity index is 1180. The Morgan fingerprint density at radius 1 is 1.06 bits per heavy atom. The van der Waals surface area contributed by atoms with Crippen LogP contribution in [-0.2, 0) is 22.6 Å². The maximum atomic E-state index is 12.1. The Labute approximate surface area is 224 Å².